The third-order valence-electron chi connectivity index (χ3n) is 6.50. The van der Waals surface area contributed by atoms with Crippen molar-refractivity contribution in [3.05, 3.63) is 99.1 Å². The van der Waals surface area contributed by atoms with Gasteiger partial charge in [-0.1, -0.05) is 24.3 Å². The molecule has 1 amide bonds. The average molecular weight is 508 g/mol. The first-order valence-corrected chi connectivity index (χ1v) is 11.9. The third-order valence-corrected chi connectivity index (χ3v) is 6.50. The van der Waals surface area contributed by atoms with Gasteiger partial charge in [0.15, 0.2) is 0 Å². The fraction of sp³-hybridized carbons (Fsp3) is 0.259. The molecule has 0 saturated heterocycles. The van der Waals surface area contributed by atoms with E-state index in [4.69, 9.17) is 0 Å². The summed E-state index contributed by atoms with van der Waals surface area (Å²) in [6.07, 6.45) is -2.30. The van der Waals surface area contributed by atoms with Crippen LogP contribution in [0.4, 0.5) is 19.1 Å². The van der Waals surface area contributed by atoms with Crippen LogP contribution in [0.1, 0.15) is 39.7 Å². The molecule has 0 saturated carbocycles. The lowest BCUT2D eigenvalue weighted by molar-refractivity contribution is -0.137. The van der Waals surface area contributed by atoms with Gasteiger partial charge in [-0.25, -0.2) is 4.98 Å². The second kappa shape index (κ2) is 9.68. The molecule has 190 valence electrons. The van der Waals surface area contributed by atoms with Crippen LogP contribution in [0, 0.1) is 0 Å². The van der Waals surface area contributed by atoms with Gasteiger partial charge in [0.1, 0.15) is 0 Å². The van der Waals surface area contributed by atoms with Gasteiger partial charge in [0, 0.05) is 43.2 Å². The Bertz CT molecular complexity index is 1530. The molecular weight excluding hydrogens is 483 g/mol. The molecule has 7 nitrogen and oxygen atoms in total. The van der Waals surface area contributed by atoms with Crippen LogP contribution in [0.2, 0.25) is 0 Å². The Kier molecular flexibility index (Phi) is 6.41. The summed E-state index contributed by atoms with van der Waals surface area (Å²) in [4.78, 5) is 37.1. The number of hydrogen-bond acceptors (Lipinski definition) is 5. The lowest BCUT2D eigenvalue weighted by atomic mass is 10.0. The Hall–Kier alpha value is -4.21. The number of pyridine rings is 1. The van der Waals surface area contributed by atoms with Crippen LogP contribution in [0.3, 0.4) is 0 Å². The number of benzene rings is 2. The lowest BCUT2D eigenvalue weighted by Gasteiger charge is -2.29. The van der Waals surface area contributed by atoms with Crippen LogP contribution < -0.4 is 10.9 Å². The molecule has 10 heteroatoms. The van der Waals surface area contributed by atoms with E-state index in [1.165, 1.54) is 16.7 Å². The number of nitrogens with one attached hydrogen (secondary N) is 1. The zero-order valence-corrected chi connectivity index (χ0v) is 20.0. The molecule has 1 aliphatic heterocycles. The smallest absolute Gasteiger partial charge is 0.351 e. The maximum Gasteiger partial charge on any atom is 0.416 e. The number of aromatic nitrogens is 3. The number of anilines is 1. The molecule has 0 atom stereocenters. The molecule has 5 rings (SSSR count). The minimum absolute atomic E-state index is 0.152. The summed E-state index contributed by atoms with van der Waals surface area (Å²) in [5.74, 6) is 0.177. The monoisotopic (exact) mass is 507 g/mol. The van der Waals surface area contributed by atoms with Crippen LogP contribution in [-0.2, 0) is 32.2 Å². The van der Waals surface area contributed by atoms with Crippen LogP contribution in [-0.4, -0.2) is 31.9 Å². The van der Waals surface area contributed by atoms with Crippen molar-refractivity contribution in [3.63, 3.8) is 0 Å². The second-order valence-electron chi connectivity index (χ2n) is 8.85. The van der Waals surface area contributed by atoms with Crippen LogP contribution in [0.25, 0.3) is 10.9 Å². The van der Waals surface area contributed by atoms with Crippen molar-refractivity contribution in [2.45, 2.75) is 39.2 Å². The fourth-order valence-corrected chi connectivity index (χ4v) is 4.49. The van der Waals surface area contributed by atoms with Crippen molar-refractivity contribution in [3.8, 4) is 0 Å². The Morgan fingerprint density at radius 2 is 1.89 bits per heavy atom. The zero-order chi connectivity index (χ0) is 26.2. The van der Waals surface area contributed by atoms with Crippen LogP contribution in [0.15, 0.2) is 65.6 Å². The predicted octanol–water partition coefficient (Wildman–Crippen LogP) is 4.64. The highest BCUT2D eigenvalue weighted by Crippen LogP contribution is 2.29. The van der Waals surface area contributed by atoms with Gasteiger partial charge in [-0.3, -0.25) is 19.1 Å². The number of amides is 1. The number of carbonyl (C=O) groups excluding carboxylic acids is 1. The van der Waals surface area contributed by atoms with E-state index in [9.17, 15) is 22.8 Å². The van der Waals surface area contributed by atoms with Gasteiger partial charge in [0.25, 0.3) is 11.5 Å². The fourth-order valence-electron chi connectivity index (χ4n) is 4.49. The van der Waals surface area contributed by atoms with E-state index in [0.29, 0.717) is 47.8 Å². The minimum atomic E-state index is -4.39. The van der Waals surface area contributed by atoms with E-state index in [2.05, 4.69) is 15.3 Å². The minimum Gasteiger partial charge on any atom is -0.351 e. The highest BCUT2D eigenvalue weighted by Gasteiger charge is 2.30. The Labute approximate surface area is 210 Å². The number of hydrogen-bond donors (Lipinski definition) is 1. The lowest BCUT2D eigenvalue weighted by Crippen LogP contribution is -2.41. The quantitative estimate of drug-likeness (QED) is 0.426. The SMILES string of the molecule is CCn1c(NCc2ccc(C(F)(F)F)cc2)nc2c(c1=O)CN(C(=O)c1ccc3cccnc3c1)CC2. The Morgan fingerprint density at radius 3 is 2.62 bits per heavy atom. The van der Waals surface area contributed by atoms with E-state index in [0.717, 1.165) is 23.0 Å². The molecule has 2 aromatic heterocycles. The molecule has 0 fully saturated rings. The first-order chi connectivity index (χ1) is 17.7. The van der Waals surface area contributed by atoms with Crippen LogP contribution >= 0.6 is 0 Å². The van der Waals surface area contributed by atoms with Gasteiger partial charge in [0.2, 0.25) is 5.95 Å². The van der Waals surface area contributed by atoms with Gasteiger partial charge in [-0.15, -0.1) is 0 Å². The maximum atomic E-state index is 13.3. The number of alkyl halides is 3. The summed E-state index contributed by atoms with van der Waals surface area (Å²) < 4.78 is 39.9. The summed E-state index contributed by atoms with van der Waals surface area (Å²) in [5, 5.41) is 4.03. The molecule has 1 N–H and O–H groups in total. The number of carbonyl (C=O) groups is 1. The summed E-state index contributed by atoms with van der Waals surface area (Å²) in [6.45, 7) is 2.93. The molecule has 0 unspecified atom stereocenters. The molecule has 3 heterocycles. The van der Waals surface area contributed by atoms with Crippen molar-refractivity contribution in [1.82, 2.24) is 19.4 Å². The van der Waals surface area contributed by atoms with Gasteiger partial charge in [-0.05, 0) is 42.8 Å². The third kappa shape index (κ3) is 4.91. The summed E-state index contributed by atoms with van der Waals surface area (Å²) in [5.41, 5.74) is 2.00. The first-order valence-electron chi connectivity index (χ1n) is 11.9. The van der Waals surface area contributed by atoms with Gasteiger partial charge >= 0.3 is 6.18 Å². The molecule has 0 spiro atoms. The molecule has 0 aliphatic carbocycles. The topological polar surface area (TPSA) is 80.1 Å². The number of halogens is 3. The normalized spacial score (nSPS) is 13.5. The van der Waals surface area contributed by atoms with Gasteiger partial charge in [-0.2, -0.15) is 13.2 Å². The van der Waals surface area contributed by atoms with E-state index >= 15 is 0 Å². The van der Waals surface area contributed by atoms with Crippen molar-refractivity contribution in [2.75, 3.05) is 11.9 Å². The highest BCUT2D eigenvalue weighted by atomic mass is 19.4. The van der Waals surface area contributed by atoms with Crippen LogP contribution in [0.5, 0.6) is 0 Å². The average Bonchev–Trinajstić information content (AvgIpc) is 2.91. The van der Waals surface area contributed by atoms with E-state index in [1.807, 2.05) is 25.1 Å². The van der Waals surface area contributed by atoms with Crippen molar-refractivity contribution in [2.24, 2.45) is 0 Å². The van der Waals surface area contributed by atoms with Crippen molar-refractivity contribution in [1.29, 1.82) is 0 Å². The second-order valence-corrected chi connectivity index (χ2v) is 8.85. The van der Waals surface area contributed by atoms with Crippen molar-refractivity contribution < 1.29 is 18.0 Å². The molecule has 4 aromatic rings. The largest absolute Gasteiger partial charge is 0.416 e. The summed E-state index contributed by atoms with van der Waals surface area (Å²) >= 11 is 0. The van der Waals surface area contributed by atoms with E-state index < -0.39 is 11.7 Å². The molecule has 0 radical (unpaired) electrons. The predicted molar refractivity (Wildman–Crippen MR) is 133 cm³/mol. The highest BCUT2D eigenvalue weighted by molar-refractivity contribution is 5.97. The standard InChI is InChI=1S/C27H24F3N5O2/c1-2-35-25(37)21-16-34(24(36)19-8-7-18-4-3-12-31-23(18)14-19)13-11-22(21)33-26(35)32-15-17-5-9-20(10-6-17)27(28,29)30/h3-10,12,14H,2,11,13,15-16H2,1H3,(H,32,33). The molecule has 0 bridgehead atoms. The summed E-state index contributed by atoms with van der Waals surface area (Å²) in [7, 11) is 0. The Balaban J connectivity index is 1.35. The number of rotatable bonds is 5. The Morgan fingerprint density at radius 1 is 1.11 bits per heavy atom. The zero-order valence-electron chi connectivity index (χ0n) is 20.0. The molecular formula is C27H24F3N5O2. The molecule has 37 heavy (non-hydrogen) atoms. The molecule has 2 aromatic carbocycles. The maximum absolute atomic E-state index is 13.3. The molecule has 1 aliphatic rings. The van der Waals surface area contributed by atoms with Gasteiger partial charge < -0.3 is 10.2 Å². The number of nitrogens with zero attached hydrogens (tertiary/aromatic N) is 4. The summed E-state index contributed by atoms with van der Waals surface area (Å²) in [6, 6.07) is 14.0. The first kappa shape index (κ1) is 24.5. The number of fused-ring (bicyclic) bond motifs is 2. The van der Waals surface area contributed by atoms with E-state index in [1.54, 1.807) is 23.2 Å². The van der Waals surface area contributed by atoms with Crippen molar-refractivity contribution >= 4 is 22.8 Å². The van der Waals surface area contributed by atoms with E-state index in [-0.39, 0.29) is 24.6 Å². The van der Waals surface area contributed by atoms with Gasteiger partial charge in [0.05, 0.1) is 28.9 Å².